The highest BCUT2D eigenvalue weighted by Gasteiger charge is 2.28. The summed E-state index contributed by atoms with van der Waals surface area (Å²) in [5.74, 6) is 0.284. The topological polar surface area (TPSA) is 49.5 Å². The molecule has 0 saturated heterocycles. The molecule has 3 nitrogen and oxygen atoms in total. The summed E-state index contributed by atoms with van der Waals surface area (Å²) in [6.45, 7) is 6.47. The monoisotopic (exact) mass is 232 g/mol. The molecule has 0 aliphatic heterocycles. The lowest BCUT2D eigenvalue weighted by atomic mass is 10.1. The Labute approximate surface area is 103 Å². The van der Waals surface area contributed by atoms with E-state index in [-0.39, 0.29) is 11.8 Å². The third-order valence-corrected chi connectivity index (χ3v) is 3.15. The van der Waals surface area contributed by atoms with Gasteiger partial charge in [-0.15, -0.1) is 6.58 Å². The SMILES string of the molecule is C=CCN(c1ccc(C(C)N)c(O)c1)C1CC1. The zero-order chi connectivity index (χ0) is 12.4. The van der Waals surface area contributed by atoms with Gasteiger partial charge in [-0.3, -0.25) is 0 Å². The molecular weight excluding hydrogens is 212 g/mol. The van der Waals surface area contributed by atoms with Crippen LogP contribution in [0.3, 0.4) is 0 Å². The van der Waals surface area contributed by atoms with Crippen molar-refractivity contribution in [2.45, 2.75) is 31.8 Å². The first-order valence-corrected chi connectivity index (χ1v) is 6.09. The molecule has 1 saturated carbocycles. The van der Waals surface area contributed by atoms with Gasteiger partial charge in [0.15, 0.2) is 0 Å². The molecule has 2 rings (SSSR count). The predicted octanol–water partition coefficient (Wildman–Crippen LogP) is 2.57. The highest BCUT2D eigenvalue weighted by molar-refractivity contribution is 5.55. The molecule has 1 aliphatic rings. The molecule has 0 heterocycles. The highest BCUT2D eigenvalue weighted by atomic mass is 16.3. The summed E-state index contributed by atoms with van der Waals surface area (Å²) in [7, 11) is 0. The van der Waals surface area contributed by atoms with Crippen LogP contribution in [-0.2, 0) is 0 Å². The lowest BCUT2D eigenvalue weighted by Gasteiger charge is -2.24. The number of hydrogen-bond acceptors (Lipinski definition) is 3. The van der Waals surface area contributed by atoms with Crippen molar-refractivity contribution in [3.63, 3.8) is 0 Å². The molecule has 1 fully saturated rings. The molecule has 1 aromatic carbocycles. The molecule has 3 N–H and O–H groups in total. The molecule has 1 atom stereocenters. The van der Waals surface area contributed by atoms with Crippen LogP contribution in [0.2, 0.25) is 0 Å². The Morgan fingerprint density at radius 3 is 2.76 bits per heavy atom. The maximum Gasteiger partial charge on any atom is 0.122 e. The maximum atomic E-state index is 9.95. The van der Waals surface area contributed by atoms with Crippen LogP contribution in [-0.4, -0.2) is 17.7 Å². The second-order valence-corrected chi connectivity index (χ2v) is 4.70. The molecule has 92 valence electrons. The van der Waals surface area contributed by atoms with Crippen molar-refractivity contribution in [2.75, 3.05) is 11.4 Å². The Hall–Kier alpha value is -1.48. The van der Waals surface area contributed by atoms with Crippen LogP contribution in [0.4, 0.5) is 5.69 Å². The van der Waals surface area contributed by atoms with Crippen LogP contribution in [0.15, 0.2) is 30.9 Å². The van der Waals surface area contributed by atoms with Crippen LogP contribution >= 0.6 is 0 Å². The second kappa shape index (κ2) is 4.80. The molecule has 1 aromatic rings. The summed E-state index contributed by atoms with van der Waals surface area (Å²) >= 11 is 0. The molecule has 3 heteroatoms. The van der Waals surface area contributed by atoms with Gasteiger partial charge in [0.25, 0.3) is 0 Å². The zero-order valence-electron chi connectivity index (χ0n) is 10.3. The zero-order valence-corrected chi connectivity index (χ0v) is 10.3. The summed E-state index contributed by atoms with van der Waals surface area (Å²) in [5.41, 5.74) is 7.63. The van der Waals surface area contributed by atoms with Crippen LogP contribution in [0, 0.1) is 0 Å². The summed E-state index contributed by atoms with van der Waals surface area (Å²) < 4.78 is 0. The number of aromatic hydroxyl groups is 1. The van der Waals surface area contributed by atoms with Gasteiger partial charge in [0, 0.05) is 35.9 Å². The van der Waals surface area contributed by atoms with Crippen LogP contribution in [0.5, 0.6) is 5.75 Å². The van der Waals surface area contributed by atoms with Crippen molar-refractivity contribution in [3.05, 3.63) is 36.4 Å². The van der Waals surface area contributed by atoms with E-state index in [9.17, 15) is 5.11 Å². The third-order valence-electron chi connectivity index (χ3n) is 3.15. The van der Waals surface area contributed by atoms with Gasteiger partial charge in [0.1, 0.15) is 5.75 Å². The van der Waals surface area contributed by atoms with Crippen LogP contribution in [0.25, 0.3) is 0 Å². The Bertz CT molecular complexity index is 411. The lowest BCUT2D eigenvalue weighted by molar-refractivity contribution is 0.463. The lowest BCUT2D eigenvalue weighted by Crippen LogP contribution is -2.25. The summed E-state index contributed by atoms with van der Waals surface area (Å²) in [6, 6.07) is 6.21. The Kier molecular flexibility index (Phi) is 3.38. The number of phenolic OH excluding ortho intramolecular Hbond substituents is 1. The van der Waals surface area contributed by atoms with Crippen molar-refractivity contribution < 1.29 is 5.11 Å². The molecular formula is C14H20N2O. The first-order chi connectivity index (χ1) is 8.13. The van der Waals surface area contributed by atoms with Crippen molar-refractivity contribution in [3.8, 4) is 5.75 Å². The Balaban J connectivity index is 2.25. The second-order valence-electron chi connectivity index (χ2n) is 4.70. The molecule has 0 amide bonds. The number of hydrogen-bond donors (Lipinski definition) is 2. The largest absolute Gasteiger partial charge is 0.508 e. The molecule has 1 aliphatic carbocycles. The minimum atomic E-state index is -0.141. The number of anilines is 1. The number of nitrogens with zero attached hydrogens (tertiary/aromatic N) is 1. The maximum absolute atomic E-state index is 9.95. The van der Waals surface area contributed by atoms with Crippen molar-refractivity contribution >= 4 is 5.69 Å². The normalized spacial score (nSPS) is 16.6. The van der Waals surface area contributed by atoms with E-state index in [1.54, 1.807) is 6.07 Å². The van der Waals surface area contributed by atoms with Gasteiger partial charge in [0.2, 0.25) is 0 Å². The molecule has 0 aromatic heterocycles. The average Bonchev–Trinajstić information content (AvgIpc) is 3.09. The Morgan fingerprint density at radius 2 is 2.29 bits per heavy atom. The molecule has 0 spiro atoms. The fraction of sp³-hybridized carbons (Fsp3) is 0.429. The molecule has 1 unspecified atom stereocenters. The summed E-state index contributed by atoms with van der Waals surface area (Å²) in [6.07, 6.45) is 4.35. The van der Waals surface area contributed by atoms with E-state index < -0.39 is 0 Å². The highest BCUT2D eigenvalue weighted by Crippen LogP contribution is 2.34. The third kappa shape index (κ3) is 2.61. The smallest absolute Gasteiger partial charge is 0.122 e. The first kappa shape index (κ1) is 12.0. The van der Waals surface area contributed by atoms with Gasteiger partial charge >= 0.3 is 0 Å². The van der Waals surface area contributed by atoms with E-state index in [4.69, 9.17) is 5.73 Å². The van der Waals surface area contributed by atoms with E-state index in [1.165, 1.54) is 12.8 Å². The Morgan fingerprint density at radius 1 is 1.59 bits per heavy atom. The van der Waals surface area contributed by atoms with E-state index >= 15 is 0 Å². The fourth-order valence-electron chi connectivity index (χ4n) is 2.09. The van der Waals surface area contributed by atoms with Crippen molar-refractivity contribution in [1.82, 2.24) is 0 Å². The van der Waals surface area contributed by atoms with Crippen molar-refractivity contribution in [2.24, 2.45) is 5.73 Å². The van der Waals surface area contributed by atoms with E-state index in [0.717, 1.165) is 17.8 Å². The van der Waals surface area contributed by atoms with Gasteiger partial charge in [-0.25, -0.2) is 0 Å². The van der Waals surface area contributed by atoms with Gasteiger partial charge in [-0.1, -0.05) is 12.1 Å². The van der Waals surface area contributed by atoms with Gasteiger partial charge in [0.05, 0.1) is 0 Å². The van der Waals surface area contributed by atoms with E-state index in [1.807, 2.05) is 25.1 Å². The number of benzene rings is 1. The quantitative estimate of drug-likeness (QED) is 0.767. The van der Waals surface area contributed by atoms with Crippen LogP contribution in [0.1, 0.15) is 31.4 Å². The minimum absolute atomic E-state index is 0.141. The predicted molar refractivity (Wildman–Crippen MR) is 71.3 cm³/mol. The standard InChI is InChI=1S/C14H20N2O/c1-3-8-16(11-4-5-11)12-6-7-13(10(2)15)14(17)9-12/h3,6-7,9-11,17H,1,4-5,8,15H2,2H3. The molecule has 17 heavy (non-hydrogen) atoms. The number of phenols is 1. The molecule has 0 bridgehead atoms. The number of nitrogens with two attached hydrogens (primary N) is 1. The average molecular weight is 232 g/mol. The van der Waals surface area contributed by atoms with E-state index in [2.05, 4.69) is 11.5 Å². The first-order valence-electron chi connectivity index (χ1n) is 6.09. The van der Waals surface area contributed by atoms with Gasteiger partial charge in [-0.2, -0.15) is 0 Å². The van der Waals surface area contributed by atoms with Gasteiger partial charge in [-0.05, 0) is 25.8 Å². The van der Waals surface area contributed by atoms with Crippen molar-refractivity contribution in [1.29, 1.82) is 0 Å². The minimum Gasteiger partial charge on any atom is -0.508 e. The van der Waals surface area contributed by atoms with E-state index in [0.29, 0.717) is 6.04 Å². The van der Waals surface area contributed by atoms with Gasteiger partial charge < -0.3 is 15.7 Å². The summed E-state index contributed by atoms with van der Waals surface area (Å²) in [4.78, 5) is 2.28. The fourth-order valence-corrected chi connectivity index (χ4v) is 2.09. The molecule has 0 radical (unpaired) electrons. The summed E-state index contributed by atoms with van der Waals surface area (Å²) in [5, 5.41) is 9.95. The number of rotatable bonds is 5. The van der Waals surface area contributed by atoms with Crippen LogP contribution < -0.4 is 10.6 Å².